The molecular formula is C22H31N5O4S2. The zero-order valence-electron chi connectivity index (χ0n) is 19.0. The van der Waals surface area contributed by atoms with E-state index in [0.29, 0.717) is 36.2 Å². The first-order valence-electron chi connectivity index (χ1n) is 11.9. The fourth-order valence-electron chi connectivity index (χ4n) is 4.77. The number of thiophene rings is 1. The maximum Gasteiger partial charge on any atom is 0.252 e. The molecule has 1 saturated carbocycles. The summed E-state index contributed by atoms with van der Waals surface area (Å²) in [6.45, 7) is 7.01. The quantitative estimate of drug-likeness (QED) is 0.610. The van der Waals surface area contributed by atoms with Gasteiger partial charge in [-0.05, 0) is 38.3 Å². The van der Waals surface area contributed by atoms with Gasteiger partial charge in [-0.3, -0.25) is 4.79 Å². The van der Waals surface area contributed by atoms with Crippen molar-refractivity contribution in [2.75, 3.05) is 45.8 Å². The van der Waals surface area contributed by atoms with Crippen molar-refractivity contribution in [2.45, 2.75) is 49.2 Å². The second-order valence-corrected chi connectivity index (χ2v) is 12.3. The van der Waals surface area contributed by atoms with Gasteiger partial charge in [-0.15, -0.1) is 11.3 Å². The molecule has 1 atom stereocenters. The monoisotopic (exact) mass is 493 g/mol. The summed E-state index contributed by atoms with van der Waals surface area (Å²) >= 11 is 1.17. The third-order valence-corrected chi connectivity index (χ3v) is 10.5. The van der Waals surface area contributed by atoms with E-state index in [1.165, 1.54) is 22.1 Å². The van der Waals surface area contributed by atoms with Crippen LogP contribution in [0, 0.1) is 5.92 Å². The van der Waals surface area contributed by atoms with E-state index in [9.17, 15) is 13.2 Å². The minimum Gasteiger partial charge on any atom is -0.340 e. The predicted octanol–water partition coefficient (Wildman–Crippen LogP) is 2.63. The van der Waals surface area contributed by atoms with Gasteiger partial charge < -0.3 is 14.3 Å². The largest absolute Gasteiger partial charge is 0.340 e. The molecule has 2 aromatic rings. The van der Waals surface area contributed by atoms with E-state index in [2.05, 4.69) is 22.0 Å². The van der Waals surface area contributed by atoms with Gasteiger partial charge in [0.1, 0.15) is 4.21 Å². The summed E-state index contributed by atoms with van der Waals surface area (Å²) in [6, 6.07) is 1.63. The lowest BCUT2D eigenvalue weighted by atomic mass is 9.85. The second kappa shape index (κ2) is 9.44. The SMILES string of the molecule is CCN1CCN(C(=O)[C@@H]2CCCN(S(=O)(=O)c3cc(-c4noc(C5CCC5)n4)cs3)C2)CC1. The van der Waals surface area contributed by atoms with Gasteiger partial charge in [-0.2, -0.15) is 9.29 Å². The Kier molecular flexibility index (Phi) is 6.56. The van der Waals surface area contributed by atoms with Gasteiger partial charge in [0.15, 0.2) is 0 Å². The number of nitrogens with zero attached hydrogens (tertiary/aromatic N) is 5. The Balaban J connectivity index is 1.26. The first-order valence-corrected chi connectivity index (χ1v) is 14.2. The topological polar surface area (TPSA) is 99.8 Å². The van der Waals surface area contributed by atoms with Crippen LogP contribution in [-0.4, -0.2) is 84.4 Å². The zero-order valence-corrected chi connectivity index (χ0v) is 20.6. The summed E-state index contributed by atoms with van der Waals surface area (Å²) < 4.78 is 33.9. The van der Waals surface area contributed by atoms with Crippen molar-refractivity contribution < 1.29 is 17.7 Å². The van der Waals surface area contributed by atoms with Crippen molar-refractivity contribution >= 4 is 27.3 Å². The smallest absolute Gasteiger partial charge is 0.252 e. The average Bonchev–Trinajstić information content (AvgIpc) is 3.48. The maximum absolute atomic E-state index is 13.4. The number of rotatable bonds is 6. The van der Waals surface area contributed by atoms with E-state index in [-0.39, 0.29) is 22.6 Å². The number of sulfonamides is 1. The number of carbonyl (C=O) groups is 1. The third-order valence-electron chi connectivity index (χ3n) is 7.19. The molecular weight excluding hydrogens is 462 g/mol. The molecule has 9 nitrogen and oxygen atoms in total. The number of likely N-dealkylation sites (N-methyl/N-ethyl adjacent to an activating group) is 1. The molecule has 2 aliphatic heterocycles. The number of hydrogen-bond acceptors (Lipinski definition) is 8. The van der Waals surface area contributed by atoms with E-state index in [1.807, 2.05) is 4.90 Å². The summed E-state index contributed by atoms with van der Waals surface area (Å²) in [5.74, 6) is 1.23. The van der Waals surface area contributed by atoms with E-state index < -0.39 is 10.0 Å². The number of aromatic nitrogens is 2. The van der Waals surface area contributed by atoms with E-state index in [1.54, 1.807) is 11.4 Å². The molecule has 0 aromatic carbocycles. The molecule has 2 aromatic heterocycles. The summed E-state index contributed by atoms with van der Waals surface area (Å²) in [5, 5.41) is 5.82. The van der Waals surface area contributed by atoms with Crippen molar-refractivity contribution in [3.8, 4) is 11.4 Å². The summed E-state index contributed by atoms with van der Waals surface area (Å²) in [6.07, 6.45) is 4.74. The fraction of sp³-hybridized carbons (Fsp3) is 0.682. The van der Waals surface area contributed by atoms with Crippen molar-refractivity contribution in [1.29, 1.82) is 0 Å². The van der Waals surface area contributed by atoms with Crippen LogP contribution >= 0.6 is 11.3 Å². The number of amides is 1. The Morgan fingerprint density at radius 3 is 2.64 bits per heavy atom. The highest BCUT2D eigenvalue weighted by atomic mass is 32.2. The lowest BCUT2D eigenvalue weighted by Crippen LogP contribution is -2.52. The van der Waals surface area contributed by atoms with Crippen molar-refractivity contribution in [3.05, 3.63) is 17.3 Å². The van der Waals surface area contributed by atoms with Crippen LogP contribution in [0.2, 0.25) is 0 Å². The molecule has 0 spiro atoms. The van der Waals surface area contributed by atoms with E-state index in [0.717, 1.165) is 52.0 Å². The lowest BCUT2D eigenvalue weighted by molar-refractivity contribution is -0.138. The summed E-state index contributed by atoms with van der Waals surface area (Å²) in [4.78, 5) is 21.8. The standard InChI is InChI=1S/C22H31N5O4S2/c1-2-25-9-11-26(12-10-25)22(28)17-7-4-8-27(14-17)33(29,30)19-13-18(15-32-19)20-23-21(31-24-20)16-5-3-6-16/h13,15-17H,2-12,14H2,1H3/t17-/m1/s1. The molecule has 1 amide bonds. The van der Waals surface area contributed by atoms with Gasteiger partial charge in [0, 0.05) is 56.1 Å². The normalized spacial score (nSPS) is 23.5. The van der Waals surface area contributed by atoms with Gasteiger partial charge in [-0.25, -0.2) is 8.42 Å². The molecule has 33 heavy (non-hydrogen) atoms. The number of hydrogen-bond donors (Lipinski definition) is 0. The van der Waals surface area contributed by atoms with Crippen molar-refractivity contribution in [2.24, 2.45) is 5.92 Å². The van der Waals surface area contributed by atoms with Gasteiger partial charge in [0.2, 0.25) is 17.6 Å². The molecule has 0 unspecified atom stereocenters. The number of piperidine rings is 1. The average molecular weight is 494 g/mol. The Morgan fingerprint density at radius 1 is 1.15 bits per heavy atom. The van der Waals surface area contributed by atoms with Crippen molar-refractivity contribution in [3.63, 3.8) is 0 Å². The molecule has 0 bridgehead atoms. The molecule has 1 aliphatic carbocycles. The molecule has 0 N–H and O–H groups in total. The van der Waals surface area contributed by atoms with Crippen molar-refractivity contribution in [1.82, 2.24) is 24.2 Å². The molecule has 4 heterocycles. The molecule has 11 heteroatoms. The van der Waals surface area contributed by atoms with Gasteiger partial charge in [0.25, 0.3) is 10.0 Å². The number of carbonyl (C=O) groups excluding carboxylic acids is 1. The summed E-state index contributed by atoms with van der Waals surface area (Å²) in [7, 11) is -3.68. The minimum atomic E-state index is -3.68. The van der Waals surface area contributed by atoms with Crippen LogP contribution in [-0.2, 0) is 14.8 Å². The highest BCUT2D eigenvalue weighted by Crippen LogP contribution is 2.37. The molecule has 3 aliphatic rings. The van der Waals surface area contributed by atoms with Gasteiger partial charge in [0.05, 0.1) is 5.92 Å². The summed E-state index contributed by atoms with van der Waals surface area (Å²) in [5.41, 5.74) is 0.659. The van der Waals surface area contributed by atoms with Crippen LogP contribution in [0.25, 0.3) is 11.4 Å². The highest BCUT2D eigenvalue weighted by molar-refractivity contribution is 7.91. The Hall–Kier alpha value is -1.82. The fourth-order valence-corrected chi connectivity index (χ4v) is 7.61. The molecule has 180 valence electrons. The van der Waals surface area contributed by atoms with Gasteiger partial charge in [-0.1, -0.05) is 18.5 Å². The van der Waals surface area contributed by atoms with Crippen LogP contribution in [0.1, 0.15) is 50.8 Å². The predicted molar refractivity (Wildman–Crippen MR) is 124 cm³/mol. The van der Waals surface area contributed by atoms with Crippen LogP contribution in [0.5, 0.6) is 0 Å². The van der Waals surface area contributed by atoms with Crippen LogP contribution < -0.4 is 0 Å². The maximum atomic E-state index is 13.4. The van der Waals surface area contributed by atoms with Crippen LogP contribution in [0.3, 0.4) is 0 Å². The van der Waals surface area contributed by atoms with Crippen LogP contribution in [0.15, 0.2) is 20.2 Å². The van der Waals surface area contributed by atoms with E-state index in [4.69, 9.17) is 4.52 Å². The lowest BCUT2D eigenvalue weighted by Gasteiger charge is -2.38. The molecule has 2 saturated heterocycles. The molecule has 5 rings (SSSR count). The molecule has 0 radical (unpaired) electrons. The number of piperazine rings is 1. The van der Waals surface area contributed by atoms with E-state index >= 15 is 0 Å². The van der Waals surface area contributed by atoms with Gasteiger partial charge >= 0.3 is 0 Å². The third kappa shape index (κ3) is 4.60. The Morgan fingerprint density at radius 2 is 1.94 bits per heavy atom. The highest BCUT2D eigenvalue weighted by Gasteiger charge is 2.36. The van der Waals surface area contributed by atoms with Crippen LogP contribution in [0.4, 0.5) is 0 Å². The molecule has 3 fully saturated rings. The first-order chi connectivity index (χ1) is 16.0. The minimum absolute atomic E-state index is 0.0906. The second-order valence-electron chi connectivity index (χ2n) is 9.20. The first kappa shape index (κ1) is 22.9. The Labute approximate surface area is 198 Å². The Bertz CT molecular complexity index is 1090. The zero-order chi connectivity index (χ0) is 23.0.